The summed E-state index contributed by atoms with van der Waals surface area (Å²) in [6.45, 7) is 4.35. The highest BCUT2D eigenvalue weighted by Crippen LogP contribution is 2.50. The average Bonchev–Trinajstić information content (AvgIpc) is 2.89. The number of para-hydroxylation sites is 1. The van der Waals surface area contributed by atoms with Gasteiger partial charge < -0.3 is 0 Å². The first-order chi connectivity index (χ1) is 12.6. The molecular weight excluding hydrogens is 342 g/mol. The summed E-state index contributed by atoms with van der Waals surface area (Å²) in [5, 5.41) is 1.57. The number of benzene rings is 2. The van der Waals surface area contributed by atoms with Crippen molar-refractivity contribution in [2.24, 2.45) is 0 Å². The van der Waals surface area contributed by atoms with Crippen molar-refractivity contribution in [1.82, 2.24) is 15.0 Å². The fourth-order valence-corrected chi connectivity index (χ4v) is 4.36. The molecule has 0 saturated heterocycles. The summed E-state index contributed by atoms with van der Waals surface area (Å²) < 4.78 is 0. The third-order valence-corrected chi connectivity index (χ3v) is 5.49. The maximum atomic E-state index is 6.68. The fraction of sp³-hybridized carbons (Fsp3) is 0.136. The van der Waals surface area contributed by atoms with Gasteiger partial charge in [0.1, 0.15) is 5.15 Å². The predicted octanol–water partition coefficient (Wildman–Crippen LogP) is 5.65. The summed E-state index contributed by atoms with van der Waals surface area (Å²) in [6.07, 6.45) is 1.79. The van der Waals surface area contributed by atoms with Crippen molar-refractivity contribution in [1.29, 1.82) is 0 Å². The largest absolute Gasteiger partial charge is 0.255 e. The maximum Gasteiger partial charge on any atom is 0.163 e. The van der Waals surface area contributed by atoms with Gasteiger partial charge in [0.05, 0.1) is 11.2 Å². The minimum atomic E-state index is -0.210. The van der Waals surface area contributed by atoms with Crippen molar-refractivity contribution in [3.63, 3.8) is 0 Å². The van der Waals surface area contributed by atoms with E-state index in [9.17, 15) is 0 Å². The van der Waals surface area contributed by atoms with Crippen LogP contribution in [0.3, 0.4) is 0 Å². The van der Waals surface area contributed by atoms with Crippen LogP contribution in [-0.4, -0.2) is 15.0 Å². The lowest BCUT2D eigenvalue weighted by Gasteiger charge is -2.21. The second kappa shape index (κ2) is 5.36. The third kappa shape index (κ3) is 2.04. The minimum absolute atomic E-state index is 0.210. The van der Waals surface area contributed by atoms with Gasteiger partial charge in [-0.1, -0.05) is 67.9 Å². The molecule has 0 N–H and O–H groups in total. The average molecular weight is 358 g/mol. The highest BCUT2D eigenvalue weighted by atomic mass is 35.5. The topological polar surface area (TPSA) is 38.7 Å². The molecule has 1 aliphatic rings. The zero-order valence-corrected chi connectivity index (χ0v) is 15.2. The van der Waals surface area contributed by atoms with Gasteiger partial charge in [-0.15, -0.1) is 0 Å². The van der Waals surface area contributed by atoms with Gasteiger partial charge in [-0.2, -0.15) is 0 Å². The van der Waals surface area contributed by atoms with Crippen molar-refractivity contribution in [3.8, 4) is 22.6 Å². The molecule has 0 aliphatic heterocycles. The SMILES string of the molecule is CC1(C)c2ccccc2-c2nc(-c3cccc4cccnc34)nc(Cl)c21. The number of hydrogen-bond donors (Lipinski definition) is 0. The Kier molecular flexibility index (Phi) is 3.19. The van der Waals surface area contributed by atoms with Crippen LogP contribution in [0.25, 0.3) is 33.5 Å². The molecule has 0 radical (unpaired) electrons. The third-order valence-electron chi connectivity index (χ3n) is 5.22. The summed E-state index contributed by atoms with van der Waals surface area (Å²) in [5.74, 6) is 0.616. The zero-order valence-electron chi connectivity index (χ0n) is 14.5. The molecule has 2 aromatic heterocycles. The highest BCUT2D eigenvalue weighted by Gasteiger charge is 2.39. The van der Waals surface area contributed by atoms with Crippen LogP contribution in [0, 0.1) is 0 Å². The van der Waals surface area contributed by atoms with Crippen molar-refractivity contribution in [3.05, 3.63) is 77.1 Å². The lowest BCUT2D eigenvalue weighted by molar-refractivity contribution is 0.656. The summed E-state index contributed by atoms with van der Waals surface area (Å²) in [6, 6.07) is 18.4. The van der Waals surface area contributed by atoms with Crippen molar-refractivity contribution >= 4 is 22.5 Å². The molecular formula is C22H16ClN3. The molecule has 26 heavy (non-hydrogen) atoms. The van der Waals surface area contributed by atoms with E-state index in [1.54, 1.807) is 6.20 Å². The quantitative estimate of drug-likeness (QED) is 0.413. The molecule has 4 aromatic rings. The summed E-state index contributed by atoms with van der Waals surface area (Å²) >= 11 is 6.68. The number of halogens is 1. The molecule has 126 valence electrons. The Bertz CT molecular complexity index is 1180. The van der Waals surface area contributed by atoms with Crippen LogP contribution < -0.4 is 0 Å². The minimum Gasteiger partial charge on any atom is -0.255 e. The second-order valence-electron chi connectivity index (χ2n) is 7.11. The predicted molar refractivity (Wildman–Crippen MR) is 105 cm³/mol. The van der Waals surface area contributed by atoms with Crippen LogP contribution in [0.1, 0.15) is 25.0 Å². The number of pyridine rings is 1. The number of fused-ring (bicyclic) bond motifs is 4. The van der Waals surface area contributed by atoms with E-state index in [1.165, 1.54) is 5.56 Å². The first-order valence-electron chi connectivity index (χ1n) is 8.59. The van der Waals surface area contributed by atoms with Crippen molar-refractivity contribution in [2.45, 2.75) is 19.3 Å². The van der Waals surface area contributed by atoms with E-state index in [4.69, 9.17) is 16.6 Å². The van der Waals surface area contributed by atoms with Crippen LogP contribution in [0.5, 0.6) is 0 Å². The molecule has 0 bridgehead atoms. The molecule has 0 atom stereocenters. The molecule has 1 aliphatic carbocycles. The second-order valence-corrected chi connectivity index (χ2v) is 7.47. The Morgan fingerprint density at radius 2 is 1.62 bits per heavy atom. The van der Waals surface area contributed by atoms with Crippen molar-refractivity contribution in [2.75, 3.05) is 0 Å². The Hall–Kier alpha value is -2.78. The van der Waals surface area contributed by atoms with Crippen LogP contribution in [0.15, 0.2) is 60.8 Å². The first kappa shape index (κ1) is 15.5. The Morgan fingerprint density at radius 1 is 0.846 bits per heavy atom. The van der Waals surface area contributed by atoms with Gasteiger partial charge in [0, 0.05) is 33.7 Å². The summed E-state index contributed by atoms with van der Waals surface area (Å²) in [4.78, 5) is 14.1. The van der Waals surface area contributed by atoms with Gasteiger partial charge in [0.25, 0.3) is 0 Å². The van der Waals surface area contributed by atoms with E-state index in [1.807, 2.05) is 36.4 Å². The van der Waals surface area contributed by atoms with Gasteiger partial charge in [0.15, 0.2) is 5.82 Å². The normalized spacial score (nSPS) is 14.3. The number of nitrogens with zero attached hydrogens (tertiary/aromatic N) is 3. The summed E-state index contributed by atoms with van der Waals surface area (Å²) in [5.41, 5.74) is 5.86. The molecule has 3 nitrogen and oxygen atoms in total. The molecule has 5 rings (SSSR count). The maximum absolute atomic E-state index is 6.68. The van der Waals surface area contributed by atoms with Crippen LogP contribution in [-0.2, 0) is 5.41 Å². The van der Waals surface area contributed by atoms with Crippen molar-refractivity contribution < 1.29 is 0 Å². The van der Waals surface area contributed by atoms with Gasteiger partial charge in [-0.3, -0.25) is 4.98 Å². The first-order valence-corrected chi connectivity index (χ1v) is 8.97. The van der Waals surface area contributed by atoms with E-state index in [0.717, 1.165) is 33.3 Å². The lowest BCUT2D eigenvalue weighted by atomic mass is 9.83. The number of rotatable bonds is 1. The molecule has 2 aromatic carbocycles. The lowest BCUT2D eigenvalue weighted by Crippen LogP contribution is -2.16. The summed E-state index contributed by atoms with van der Waals surface area (Å²) in [7, 11) is 0. The Balaban J connectivity index is 1.82. The molecule has 0 unspecified atom stereocenters. The highest BCUT2D eigenvalue weighted by molar-refractivity contribution is 6.31. The fourth-order valence-electron chi connectivity index (χ4n) is 3.96. The zero-order chi connectivity index (χ0) is 17.9. The monoisotopic (exact) mass is 357 g/mol. The molecule has 4 heteroatoms. The van der Waals surface area contributed by atoms with E-state index < -0.39 is 0 Å². The standard InChI is InChI=1S/C22H16ClN3/c1-22(2)16-11-4-3-9-14(16)19-17(22)20(23)26-21(25-19)15-10-5-7-13-8-6-12-24-18(13)15/h3-12H,1-2H3. The molecule has 0 amide bonds. The van der Waals surface area contributed by atoms with E-state index >= 15 is 0 Å². The number of aromatic nitrogens is 3. The molecule has 2 heterocycles. The van der Waals surface area contributed by atoms with Crippen LogP contribution in [0.4, 0.5) is 0 Å². The van der Waals surface area contributed by atoms with Gasteiger partial charge in [-0.05, 0) is 17.7 Å². The Labute approximate surface area is 156 Å². The van der Waals surface area contributed by atoms with Crippen LogP contribution >= 0.6 is 11.6 Å². The Morgan fingerprint density at radius 3 is 2.50 bits per heavy atom. The number of hydrogen-bond acceptors (Lipinski definition) is 3. The van der Waals surface area contributed by atoms with Gasteiger partial charge in [0.2, 0.25) is 0 Å². The smallest absolute Gasteiger partial charge is 0.163 e. The molecule has 0 fully saturated rings. The van der Waals surface area contributed by atoms with Gasteiger partial charge in [-0.25, -0.2) is 9.97 Å². The van der Waals surface area contributed by atoms with Crippen LogP contribution in [0.2, 0.25) is 5.15 Å². The van der Waals surface area contributed by atoms with Gasteiger partial charge >= 0.3 is 0 Å². The molecule has 0 spiro atoms. The van der Waals surface area contributed by atoms with E-state index in [-0.39, 0.29) is 5.41 Å². The van der Waals surface area contributed by atoms with E-state index in [2.05, 4.69) is 42.0 Å². The molecule has 0 saturated carbocycles. The van der Waals surface area contributed by atoms with E-state index in [0.29, 0.717) is 11.0 Å².